The summed E-state index contributed by atoms with van der Waals surface area (Å²) >= 11 is 0. The lowest BCUT2D eigenvalue weighted by molar-refractivity contribution is 0.103. The summed E-state index contributed by atoms with van der Waals surface area (Å²) in [5.74, 6) is 2.57. The molecule has 0 unspecified atom stereocenters. The molecule has 3 atom stereocenters. The van der Waals surface area contributed by atoms with Gasteiger partial charge in [0.25, 0.3) is 0 Å². The van der Waals surface area contributed by atoms with Gasteiger partial charge in [-0.15, -0.1) is 0 Å². The summed E-state index contributed by atoms with van der Waals surface area (Å²) < 4.78 is 2.40. The number of rotatable bonds is 4. The highest BCUT2D eigenvalue weighted by atomic mass is 15.2. The maximum absolute atomic E-state index is 4.57. The Kier molecular flexibility index (Phi) is 3.89. The molecule has 0 radical (unpaired) electrons. The van der Waals surface area contributed by atoms with Crippen LogP contribution in [-0.2, 0) is 19.4 Å². The van der Waals surface area contributed by atoms with E-state index in [-0.39, 0.29) is 0 Å². The van der Waals surface area contributed by atoms with Gasteiger partial charge in [0.1, 0.15) is 5.82 Å². The highest BCUT2D eigenvalue weighted by Gasteiger charge is 2.39. The van der Waals surface area contributed by atoms with Crippen LogP contribution in [0.1, 0.15) is 42.6 Å². The van der Waals surface area contributed by atoms with Crippen LogP contribution in [0.3, 0.4) is 0 Å². The summed E-state index contributed by atoms with van der Waals surface area (Å²) in [6.45, 7) is 4.51. The predicted octanol–water partition coefficient (Wildman–Crippen LogP) is 3.98. The van der Waals surface area contributed by atoms with Crippen molar-refractivity contribution in [3.8, 4) is 0 Å². The Hall–Kier alpha value is -2.07. The van der Waals surface area contributed by atoms with Gasteiger partial charge in [0.15, 0.2) is 0 Å². The van der Waals surface area contributed by atoms with Crippen LogP contribution < -0.4 is 0 Å². The van der Waals surface area contributed by atoms with Gasteiger partial charge < -0.3 is 14.5 Å². The fourth-order valence-electron chi connectivity index (χ4n) is 5.42. The van der Waals surface area contributed by atoms with Gasteiger partial charge in [-0.2, -0.15) is 0 Å². The average molecular weight is 348 g/mol. The molecule has 1 fully saturated rings. The van der Waals surface area contributed by atoms with E-state index in [0.29, 0.717) is 17.9 Å². The number of nitrogens with one attached hydrogen (secondary N) is 1. The number of likely N-dealkylation sites (N-methyl/N-ethyl adjacent to an activating group) is 1. The van der Waals surface area contributed by atoms with Crippen molar-refractivity contribution < 1.29 is 0 Å². The molecule has 1 aliphatic carbocycles. The summed E-state index contributed by atoms with van der Waals surface area (Å²) in [7, 11) is 2.32. The zero-order valence-electron chi connectivity index (χ0n) is 15.8. The Balaban J connectivity index is 1.45. The number of likely N-dealkylation sites (tertiary alicyclic amines) is 1. The molecular weight excluding hydrogens is 320 g/mol. The topological polar surface area (TPSA) is 36.9 Å². The van der Waals surface area contributed by atoms with Gasteiger partial charge in [-0.05, 0) is 49.4 Å². The van der Waals surface area contributed by atoms with Crippen molar-refractivity contribution in [3.63, 3.8) is 0 Å². The van der Waals surface area contributed by atoms with Crippen LogP contribution in [0.2, 0.25) is 0 Å². The van der Waals surface area contributed by atoms with E-state index in [1.807, 2.05) is 6.20 Å². The minimum absolute atomic E-state index is 0.637. The fourth-order valence-corrected chi connectivity index (χ4v) is 5.42. The Bertz CT molecular complexity index is 921. The largest absolute Gasteiger partial charge is 0.361 e. The number of imidazole rings is 1. The lowest BCUT2D eigenvalue weighted by Crippen LogP contribution is -2.48. The van der Waals surface area contributed by atoms with Crippen molar-refractivity contribution in [2.45, 2.75) is 51.1 Å². The summed E-state index contributed by atoms with van der Waals surface area (Å²) in [6.07, 6.45) is 11.1. The highest BCUT2D eigenvalue weighted by molar-refractivity contribution is 5.88. The minimum atomic E-state index is 0.637. The van der Waals surface area contributed by atoms with Gasteiger partial charge in [0.2, 0.25) is 0 Å². The van der Waals surface area contributed by atoms with Gasteiger partial charge >= 0.3 is 0 Å². The molecule has 4 heteroatoms. The lowest BCUT2D eigenvalue weighted by atomic mass is 9.72. The molecule has 1 aliphatic heterocycles. The Morgan fingerprint density at radius 1 is 1.31 bits per heavy atom. The number of fused-ring (bicyclic) bond motifs is 2. The first-order valence-electron chi connectivity index (χ1n) is 10.0. The molecule has 0 saturated carbocycles. The van der Waals surface area contributed by atoms with Crippen molar-refractivity contribution in [2.75, 3.05) is 13.6 Å². The Labute approximate surface area is 155 Å². The zero-order chi connectivity index (χ0) is 17.7. The van der Waals surface area contributed by atoms with E-state index in [1.54, 1.807) is 5.56 Å². The SMILES string of the molecule is CCCc1nccn1C[C@@H]1C[C@@H]2c3cccc4[nH]cc(c34)C[C@H]2N(C)C1. The minimum Gasteiger partial charge on any atom is -0.361 e. The number of H-pyrrole nitrogens is 1. The third-order valence-corrected chi connectivity index (χ3v) is 6.54. The number of piperidine rings is 1. The standard InChI is InChI=1S/C22H28N4/c1-3-5-21-23-8-9-26(21)14-15-10-18-17-6-4-7-19-22(17)16(12-24-19)11-20(18)25(2)13-15/h4,6-9,12,15,18,20,24H,3,5,10-11,13-14H2,1-2H3/t15-,18-,20-/m1/s1. The van der Waals surface area contributed by atoms with Gasteiger partial charge in [0, 0.05) is 61.0 Å². The summed E-state index contributed by atoms with van der Waals surface area (Å²) in [5, 5.41) is 1.50. The van der Waals surface area contributed by atoms with E-state index in [2.05, 4.69) is 64.0 Å². The summed E-state index contributed by atoms with van der Waals surface area (Å²) in [4.78, 5) is 10.7. The zero-order valence-corrected chi connectivity index (χ0v) is 15.8. The molecule has 4 nitrogen and oxygen atoms in total. The second kappa shape index (κ2) is 6.27. The van der Waals surface area contributed by atoms with Crippen LogP contribution in [0.15, 0.2) is 36.8 Å². The third kappa shape index (κ3) is 2.50. The summed E-state index contributed by atoms with van der Waals surface area (Å²) in [6, 6.07) is 7.44. The number of aryl methyl sites for hydroxylation is 1. The number of hydrogen-bond acceptors (Lipinski definition) is 2. The van der Waals surface area contributed by atoms with E-state index in [4.69, 9.17) is 0 Å². The number of aromatic nitrogens is 3. The molecule has 5 rings (SSSR count). The van der Waals surface area contributed by atoms with E-state index in [0.717, 1.165) is 19.4 Å². The monoisotopic (exact) mass is 348 g/mol. The Morgan fingerprint density at radius 3 is 3.12 bits per heavy atom. The fraction of sp³-hybridized carbons (Fsp3) is 0.500. The molecule has 26 heavy (non-hydrogen) atoms. The first kappa shape index (κ1) is 16.1. The second-order valence-electron chi connectivity index (χ2n) is 8.25. The molecule has 136 valence electrons. The molecular formula is C22H28N4. The van der Waals surface area contributed by atoms with Gasteiger partial charge in [-0.3, -0.25) is 0 Å². The molecule has 1 aromatic carbocycles. The molecule has 2 aromatic heterocycles. The second-order valence-corrected chi connectivity index (χ2v) is 8.25. The highest BCUT2D eigenvalue weighted by Crippen LogP contribution is 2.44. The van der Waals surface area contributed by atoms with Crippen LogP contribution in [0, 0.1) is 5.92 Å². The summed E-state index contributed by atoms with van der Waals surface area (Å²) in [5.41, 5.74) is 4.37. The van der Waals surface area contributed by atoms with Gasteiger partial charge in [-0.25, -0.2) is 4.98 Å². The number of nitrogens with zero attached hydrogens (tertiary/aromatic N) is 3. The van der Waals surface area contributed by atoms with E-state index >= 15 is 0 Å². The number of hydrogen-bond donors (Lipinski definition) is 1. The smallest absolute Gasteiger partial charge is 0.108 e. The van der Waals surface area contributed by atoms with Crippen molar-refractivity contribution in [3.05, 3.63) is 53.7 Å². The van der Waals surface area contributed by atoms with Crippen LogP contribution >= 0.6 is 0 Å². The van der Waals surface area contributed by atoms with Crippen LogP contribution in [-0.4, -0.2) is 39.1 Å². The number of aromatic amines is 1. The molecule has 2 aliphatic rings. The average Bonchev–Trinajstić information content (AvgIpc) is 3.25. The quantitative estimate of drug-likeness (QED) is 0.774. The molecule has 0 amide bonds. The van der Waals surface area contributed by atoms with Crippen molar-refractivity contribution in [1.82, 2.24) is 19.4 Å². The molecule has 0 spiro atoms. The first-order chi connectivity index (χ1) is 12.7. The van der Waals surface area contributed by atoms with Crippen LogP contribution in [0.25, 0.3) is 10.9 Å². The number of benzene rings is 1. The first-order valence-corrected chi connectivity index (χ1v) is 10.0. The van der Waals surface area contributed by atoms with Gasteiger partial charge in [0.05, 0.1) is 0 Å². The molecule has 3 aromatic rings. The Morgan fingerprint density at radius 2 is 2.23 bits per heavy atom. The molecule has 1 N–H and O–H groups in total. The normalized spacial score (nSPS) is 25.5. The molecule has 3 heterocycles. The van der Waals surface area contributed by atoms with Crippen LogP contribution in [0.5, 0.6) is 0 Å². The third-order valence-electron chi connectivity index (χ3n) is 6.54. The molecule has 1 saturated heterocycles. The van der Waals surface area contributed by atoms with E-state index < -0.39 is 0 Å². The van der Waals surface area contributed by atoms with Gasteiger partial charge in [-0.1, -0.05) is 19.1 Å². The maximum atomic E-state index is 4.57. The van der Waals surface area contributed by atoms with Crippen molar-refractivity contribution >= 4 is 10.9 Å². The lowest BCUT2D eigenvalue weighted by Gasteiger charge is -2.45. The van der Waals surface area contributed by atoms with E-state index in [1.165, 1.54) is 41.7 Å². The maximum Gasteiger partial charge on any atom is 0.108 e. The molecule has 0 bridgehead atoms. The van der Waals surface area contributed by atoms with Crippen molar-refractivity contribution in [1.29, 1.82) is 0 Å². The van der Waals surface area contributed by atoms with Crippen molar-refractivity contribution in [2.24, 2.45) is 5.92 Å². The predicted molar refractivity (Wildman–Crippen MR) is 105 cm³/mol. The van der Waals surface area contributed by atoms with E-state index in [9.17, 15) is 0 Å². The van der Waals surface area contributed by atoms with Crippen LogP contribution in [0.4, 0.5) is 0 Å².